The molecule has 1 aliphatic rings. The van der Waals surface area contributed by atoms with E-state index < -0.39 is 5.97 Å². The number of aryl methyl sites for hydroxylation is 1. The lowest BCUT2D eigenvalue weighted by atomic mass is 9.82. The van der Waals surface area contributed by atoms with Crippen molar-refractivity contribution < 1.29 is 9.90 Å². The largest absolute Gasteiger partial charge is 0.477 e. The number of aromatic nitrogens is 2. The Morgan fingerprint density at radius 1 is 1.50 bits per heavy atom. The van der Waals surface area contributed by atoms with Crippen LogP contribution in [0.2, 0.25) is 0 Å². The predicted octanol–water partition coefficient (Wildman–Crippen LogP) is 1.75. The van der Waals surface area contributed by atoms with Crippen LogP contribution < -0.4 is 0 Å². The number of carboxylic acid groups (broad SMARTS) is 1. The third-order valence-electron chi connectivity index (χ3n) is 2.60. The van der Waals surface area contributed by atoms with E-state index in [1.165, 1.54) is 6.42 Å². The summed E-state index contributed by atoms with van der Waals surface area (Å²) >= 11 is 0. The Hall–Kier alpha value is -1.45. The highest BCUT2D eigenvalue weighted by Gasteiger charge is 2.22. The smallest absolute Gasteiger partial charge is 0.354 e. The Morgan fingerprint density at radius 2 is 2.21 bits per heavy atom. The molecule has 0 radical (unpaired) electrons. The first kappa shape index (κ1) is 9.12. The molecule has 4 heteroatoms. The molecule has 1 fully saturated rings. The van der Waals surface area contributed by atoms with Crippen molar-refractivity contribution in [3.05, 3.63) is 23.3 Å². The van der Waals surface area contributed by atoms with Gasteiger partial charge in [0.2, 0.25) is 0 Å². The van der Waals surface area contributed by atoms with Crippen molar-refractivity contribution in [1.29, 1.82) is 0 Å². The van der Waals surface area contributed by atoms with E-state index in [0.29, 0.717) is 11.7 Å². The SMILES string of the molecule is Cc1nc(C(=O)O)cc(C2CCC2)n1. The van der Waals surface area contributed by atoms with Crippen LogP contribution >= 0.6 is 0 Å². The Bertz CT molecular complexity index is 372. The summed E-state index contributed by atoms with van der Waals surface area (Å²) in [7, 11) is 0. The molecule has 1 saturated carbocycles. The van der Waals surface area contributed by atoms with Gasteiger partial charge in [-0.25, -0.2) is 14.8 Å². The molecule has 0 aromatic carbocycles. The van der Waals surface area contributed by atoms with Gasteiger partial charge in [0.1, 0.15) is 5.82 Å². The van der Waals surface area contributed by atoms with Crippen LogP contribution in [0.25, 0.3) is 0 Å². The second-order valence-electron chi connectivity index (χ2n) is 3.66. The fourth-order valence-corrected chi connectivity index (χ4v) is 1.61. The summed E-state index contributed by atoms with van der Waals surface area (Å²) in [5.41, 5.74) is 1.00. The lowest BCUT2D eigenvalue weighted by Crippen LogP contribution is -2.14. The van der Waals surface area contributed by atoms with Crippen LogP contribution in [0.5, 0.6) is 0 Å². The maximum Gasteiger partial charge on any atom is 0.354 e. The van der Waals surface area contributed by atoms with E-state index in [0.717, 1.165) is 18.5 Å². The van der Waals surface area contributed by atoms with Crippen LogP contribution in [0.4, 0.5) is 0 Å². The molecule has 4 nitrogen and oxygen atoms in total. The van der Waals surface area contributed by atoms with Crippen molar-refractivity contribution in [2.75, 3.05) is 0 Å². The van der Waals surface area contributed by atoms with Gasteiger partial charge in [-0.1, -0.05) is 6.42 Å². The van der Waals surface area contributed by atoms with Crippen LogP contribution in [0.15, 0.2) is 6.07 Å². The molecular formula is C10H12N2O2. The van der Waals surface area contributed by atoms with Crippen LogP contribution in [0.3, 0.4) is 0 Å². The summed E-state index contributed by atoms with van der Waals surface area (Å²) in [4.78, 5) is 18.9. The first-order valence-corrected chi connectivity index (χ1v) is 4.75. The minimum atomic E-state index is -0.976. The van der Waals surface area contributed by atoms with Crippen LogP contribution in [0, 0.1) is 6.92 Å². The Kier molecular flexibility index (Phi) is 2.19. The van der Waals surface area contributed by atoms with Gasteiger partial charge >= 0.3 is 5.97 Å². The van der Waals surface area contributed by atoms with Gasteiger partial charge in [-0.05, 0) is 25.8 Å². The summed E-state index contributed by atoms with van der Waals surface area (Å²) in [6, 6.07) is 1.60. The van der Waals surface area contributed by atoms with E-state index in [2.05, 4.69) is 9.97 Å². The molecule has 0 spiro atoms. The third kappa shape index (κ3) is 1.60. The maximum atomic E-state index is 10.7. The fourth-order valence-electron chi connectivity index (χ4n) is 1.61. The van der Waals surface area contributed by atoms with E-state index in [1.54, 1.807) is 13.0 Å². The lowest BCUT2D eigenvalue weighted by Gasteiger charge is -2.24. The molecule has 74 valence electrons. The Morgan fingerprint density at radius 3 is 2.71 bits per heavy atom. The maximum absolute atomic E-state index is 10.7. The highest BCUT2D eigenvalue weighted by Crippen LogP contribution is 2.35. The first-order valence-electron chi connectivity index (χ1n) is 4.75. The van der Waals surface area contributed by atoms with E-state index in [9.17, 15) is 4.79 Å². The number of hydrogen-bond acceptors (Lipinski definition) is 3. The van der Waals surface area contributed by atoms with E-state index >= 15 is 0 Å². The zero-order valence-corrected chi connectivity index (χ0v) is 8.03. The monoisotopic (exact) mass is 192 g/mol. The Balaban J connectivity index is 2.35. The molecule has 2 rings (SSSR count). The molecule has 0 unspecified atom stereocenters. The Labute approximate surface area is 82.0 Å². The van der Waals surface area contributed by atoms with Crippen LogP contribution in [-0.4, -0.2) is 21.0 Å². The quantitative estimate of drug-likeness (QED) is 0.775. The van der Waals surface area contributed by atoms with Crippen molar-refractivity contribution in [2.45, 2.75) is 32.1 Å². The van der Waals surface area contributed by atoms with Gasteiger partial charge in [0.15, 0.2) is 5.69 Å². The summed E-state index contributed by atoms with van der Waals surface area (Å²) in [6.45, 7) is 1.73. The van der Waals surface area contributed by atoms with Gasteiger partial charge in [0.05, 0.1) is 0 Å². The molecule has 1 aliphatic carbocycles. The molecule has 0 aliphatic heterocycles. The molecule has 1 aromatic rings. The number of rotatable bonds is 2. The van der Waals surface area contributed by atoms with E-state index in [4.69, 9.17) is 5.11 Å². The predicted molar refractivity (Wildman–Crippen MR) is 50.3 cm³/mol. The van der Waals surface area contributed by atoms with Gasteiger partial charge < -0.3 is 5.11 Å². The summed E-state index contributed by atoms with van der Waals surface area (Å²) in [5, 5.41) is 8.82. The highest BCUT2D eigenvalue weighted by atomic mass is 16.4. The number of carboxylic acids is 1. The standard InChI is InChI=1S/C10H12N2O2/c1-6-11-8(7-3-2-4-7)5-9(12-6)10(13)14/h5,7H,2-4H2,1H3,(H,13,14). The molecule has 14 heavy (non-hydrogen) atoms. The van der Waals surface area contributed by atoms with Crippen molar-refractivity contribution in [2.24, 2.45) is 0 Å². The minimum absolute atomic E-state index is 0.111. The van der Waals surface area contributed by atoms with Gasteiger partial charge in [-0.3, -0.25) is 0 Å². The molecular weight excluding hydrogens is 180 g/mol. The number of carbonyl (C=O) groups is 1. The topological polar surface area (TPSA) is 63.1 Å². The summed E-state index contributed by atoms with van der Waals surface area (Å²) in [6.07, 6.45) is 3.46. The van der Waals surface area contributed by atoms with E-state index in [-0.39, 0.29) is 5.69 Å². The zero-order valence-electron chi connectivity index (χ0n) is 8.03. The lowest BCUT2D eigenvalue weighted by molar-refractivity contribution is 0.0689. The van der Waals surface area contributed by atoms with E-state index in [1.807, 2.05) is 0 Å². The van der Waals surface area contributed by atoms with Crippen molar-refractivity contribution >= 4 is 5.97 Å². The summed E-state index contributed by atoms with van der Waals surface area (Å²) < 4.78 is 0. The van der Waals surface area contributed by atoms with Gasteiger partial charge in [0, 0.05) is 11.6 Å². The second-order valence-corrected chi connectivity index (χ2v) is 3.66. The molecule has 1 heterocycles. The number of aromatic carboxylic acids is 1. The number of hydrogen-bond donors (Lipinski definition) is 1. The van der Waals surface area contributed by atoms with Crippen molar-refractivity contribution in [3.63, 3.8) is 0 Å². The van der Waals surface area contributed by atoms with Gasteiger partial charge in [0.25, 0.3) is 0 Å². The van der Waals surface area contributed by atoms with Crippen LogP contribution in [-0.2, 0) is 0 Å². The normalized spacial score (nSPS) is 16.4. The highest BCUT2D eigenvalue weighted by molar-refractivity contribution is 5.85. The molecule has 0 atom stereocenters. The molecule has 0 bridgehead atoms. The van der Waals surface area contributed by atoms with Crippen molar-refractivity contribution in [3.8, 4) is 0 Å². The van der Waals surface area contributed by atoms with Gasteiger partial charge in [-0.2, -0.15) is 0 Å². The zero-order chi connectivity index (χ0) is 10.1. The first-order chi connectivity index (χ1) is 6.66. The number of nitrogens with zero attached hydrogens (tertiary/aromatic N) is 2. The fraction of sp³-hybridized carbons (Fsp3) is 0.500. The average Bonchev–Trinajstić information content (AvgIpc) is 1.99. The molecule has 1 aromatic heterocycles. The second kappa shape index (κ2) is 3.36. The average molecular weight is 192 g/mol. The molecule has 1 N–H and O–H groups in total. The third-order valence-corrected chi connectivity index (χ3v) is 2.60. The van der Waals surface area contributed by atoms with Crippen molar-refractivity contribution in [1.82, 2.24) is 9.97 Å². The molecule has 0 saturated heterocycles. The van der Waals surface area contributed by atoms with Crippen LogP contribution in [0.1, 0.15) is 47.2 Å². The minimum Gasteiger partial charge on any atom is -0.477 e. The molecule has 0 amide bonds. The van der Waals surface area contributed by atoms with Gasteiger partial charge in [-0.15, -0.1) is 0 Å². The summed E-state index contributed by atoms with van der Waals surface area (Å²) in [5.74, 6) is 0.0256.